The zero-order valence-electron chi connectivity index (χ0n) is 15.4. The van der Waals surface area contributed by atoms with Gasteiger partial charge in [0, 0.05) is 37.2 Å². The van der Waals surface area contributed by atoms with Crippen molar-refractivity contribution in [2.45, 2.75) is 45.6 Å². The molecule has 1 saturated heterocycles. The molecule has 2 N–H and O–H groups in total. The third kappa shape index (κ3) is 4.37. The van der Waals surface area contributed by atoms with Crippen LogP contribution in [-0.2, 0) is 4.74 Å². The molecule has 0 spiro atoms. The topological polar surface area (TPSA) is 102 Å². The molecule has 140 valence electrons. The molecule has 8 heteroatoms. The Kier molecular flexibility index (Phi) is 5.82. The summed E-state index contributed by atoms with van der Waals surface area (Å²) < 4.78 is 10.9. The second-order valence-electron chi connectivity index (χ2n) is 6.86. The van der Waals surface area contributed by atoms with Crippen LogP contribution >= 0.6 is 0 Å². The predicted octanol–water partition coefficient (Wildman–Crippen LogP) is 3.19. The Hall–Kier alpha value is -2.48. The molecule has 0 aromatic carbocycles. The second-order valence-corrected chi connectivity index (χ2v) is 6.86. The van der Waals surface area contributed by atoms with Crippen LogP contribution in [0, 0.1) is 12.8 Å². The van der Waals surface area contributed by atoms with E-state index in [1.807, 2.05) is 20.8 Å². The van der Waals surface area contributed by atoms with E-state index < -0.39 is 0 Å². The van der Waals surface area contributed by atoms with Gasteiger partial charge in [-0.25, -0.2) is 4.79 Å². The standard InChI is InChI=1S/C18H25N5O3/c1-11(2)16-22-17(26-23-16)15(13-5-8-25-9-6-13)21-18(24)20-14-4-7-19-10-12(14)3/h4,7,10-11,13,15H,5-6,8-9H2,1-3H3,(H2,19,20,21,24). The fourth-order valence-corrected chi connectivity index (χ4v) is 2.95. The number of ether oxygens (including phenoxy) is 1. The highest BCUT2D eigenvalue weighted by atomic mass is 16.5. The van der Waals surface area contributed by atoms with E-state index in [9.17, 15) is 4.79 Å². The molecular weight excluding hydrogens is 334 g/mol. The fourth-order valence-electron chi connectivity index (χ4n) is 2.95. The summed E-state index contributed by atoms with van der Waals surface area (Å²) in [4.78, 5) is 21.1. The average molecular weight is 359 g/mol. The summed E-state index contributed by atoms with van der Waals surface area (Å²) in [5, 5.41) is 9.92. The first-order valence-electron chi connectivity index (χ1n) is 8.94. The van der Waals surface area contributed by atoms with E-state index in [2.05, 4.69) is 25.8 Å². The van der Waals surface area contributed by atoms with Crippen molar-refractivity contribution >= 4 is 11.7 Å². The molecule has 0 saturated carbocycles. The minimum absolute atomic E-state index is 0.163. The summed E-state index contributed by atoms with van der Waals surface area (Å²) >= 11 is 0. The van der Waals surface area contributed by atoms with E-state index in [0.717, 1.165) is 24.1 Å². The van der Waals surface area contributed by atoms with Gasteiger partial charge in [-0.15, -0.1) is 0 Å². The van der Waals surface area contributed by atoms with E-state index in [1.54, 1.807) is 18.5 Å². The van der Waals surface area contributed by atoms with Gasteiger partial charge in [0.2, 0.25) is 5.89 Å². The summed E-state index contributed by atoms with van der Waals surface area (Å²) in [5.74, 6) is 1.44. The third-order valence-corrected chi connectivity index (χ3v) is 4.53. The van der Waals surface area contributed by atoms with Crippen molar-refractivity contribution in [1.82, 2.24) is 20.4 Å². The van der Waals surface area contributed by atoms with E-state index in [0.29, 0.717) is 24.9 Å². The minimum Gasteiger partial charge on any atom is -0.381 e. The number of rotatable bonds is 5. The van der Waals surface area contributed by atoms with Gasteiger partial charge >= 0.3 is 6.03 Å². The number of carbonyl (C=O) groups is 1. The molecule has 1 unspecified atom stereocenters. The zero-order valence-corrected chi connectivity index (χ0v) is 15.4. The second kappa shape index (κ2) is 8.27. The summed E-state index contributed by atoms with van der Waals surface area (Å²) in [7, 11) is 0. The monoisotopic (exact) mass is 359 g/mol. The first kappa shape index (κ1) is 18.3. The smallest absolute Gasteiger partial charge is 0.319 e. The maximum atomic E-state index is 12.6. The highest BCUT2D eigenvalue weighted by molar-refractivity contribution is 5.90. The fraction of sp³-hybridized carbons (Fsp3) is 0.556. The van der Waals surface area contributed by atoms with Gasteiger partial charge in [-0.1, -0.05) is 19.0 Å². The van der Waals surface area contributed by atoms with Gasteiger partial charge in [-0.3, -0.25) is 4.98 Å². The number of urea groups is 1. The molecule has 2 amide bonds. The van der Waals surface area contributed by atoms with Gasteiger partial charge in [0.25, 0.3) is 0 Å². The molecule has 1 aliphatic heterocycles. The van der Waals surface area contributed by atoms with Gasteiger partial charge in [0.15, 0.2) is 5.82 Å². The van der Waals surface area contributed by atoms with Crippen molar-refractivity contribution < 1.29 is 14.1 Å². The van der Waals surface area contributed by atoms with Crippen molar-refractivity contribution in [3.05, 3.63) is 35.7 Å². The number of anilines is 1. The van der Waals surface area contributed by atoms with Crippen molar-refractivity contribution in [2.24, 2.45) is 5.92 Å². The Labute approximate surface area is 152 Å². The molecule has 8 nitrogen and oxygen atoms in total. The molecule has 2 aromatic heterocycles. The third-order valence-electron chi connectivity index (χ3n) is 4.53. The van der Waals surface area contributed by atoms with Gasteiger partial charge in [-0.05, 0) is 37.3 Å². The summed E-state index contributed by atoms with van der Waals surface area (Å²) in [6.45, 7) is 7.23. The molecule has 3 heterocycles. The van der Waals surface area contributed by atoms with Crippen LogP contribution < -0.4 is 10.6 Å². The number of carbonyl (C=O) groups excluding carboxylic acids is 1. The average Bonchev–Trinajstić information content (AvgIpc) is 3.12. The molecule has 0 bridgehead atoms. The van der Waals surface area contributed by atoms with E-state index in [1.165, 1.54) is 0 Å². The molecule has 1 atom stereocenters. The highest BCUT2D eigenvalue weighted by Crippen LogP contribution is 2.30. The number of hydrogen-bond donors (Lipinski definition) is 2. The van der Waals surface area contributed by atoms with Crippen LogP contribution in [0.5, 0.6) is 0 Å². The lowest BCUT2D eigenvalue weighted by atomic mass is 9.91. The number of nitrogens with zero attached hydrogens (tertiary/aromatic N) is 3. The van der Waals surface area contributed by atoms with E-state index >= 15 is 0 Å². The molecule has 0 radical (unpaired) electrons. The summed E-state index contributed by atoms with van der Waals surface area (Å²) in [5.41, 5.74) is 1.61. The van der Waals surface area contributed by atoms with Gasteiger partial charge < -0.3 is 19.9 Å². The Morgan fingerprint density at radius 2 is 2.08 bits per heavy atom. The van der Waals surface area contributed by atoms with E-state index in [-0.39, 0.29) is 23.9 Å². The Morgan fingerprint density at radius 3 is 2.73 bits per heavy atom. The largest absolute Gasteiger partial charge is 0.381 e. The van der Waals surface area contributed by atoms with Crippen LogP contribution in [0.3, 0.4) is 0 Å². The van der Waals surface area contributed by atoms with E-state index in [4.69, 9.17) is 9.26 Å². The Morgan fingerprint density at radius 1 is 1.31 bits per heavy atom. The molecular formula is C18H25N5O3. The molecule has 2 aromatic rings. The van der Waals surface area contributed by atoms with Crippen LogP contribution in [0.25, 0.3) is 0 Å². The van der Waals surface area contributed by atoms with Crippen LogP contribution in [0.15, 0.2) is 23.0 Å². The summed E-state index contributed by atoms with van der Waals surface area (Å²) in [6.07, 6.45) is 5.02. The van der Waals surface area contributed by atoms with Crippen LogP contribution in [-0.4, -0.2) is 34.4 Å². The van der Waals surface area contributed by atoms with Gasteiger partial charge in [-0.2, -0.15) is 4.98 Å². The maximum absolute atomic E-state index is 12.6. The van der Waals surface area contributed by atoms with Crippen LogP contribution in [0.4, 0.5) is 10.5 Å². The first-order chi connectivity index (χ1) is 12.5. The van der Waals surface area contributed by atoms with Crippen molar-refractivity contribution in [3.63, 3.8) is 0 Å². The molecule has 1 aliphatic rings. The normalized spacial score (nSPS) is 16.5. The molecule has 0 aliphatic carbocycles. The maximum Gasteiger partial charge on any atom is 0.319 e. The number of aryl methyl sites for hydroxylation is 1. The number of hydrogen-bond acceptors (Lipinski definition) is 6. The number of pyridine rings is 1. The predicted molar refractivity (Wildman–Crippen MR) is 95.8 cm³/mol. The molecule has 26 heavy (non-hydrogen) atoms. The highest BCUT2D eigenvalue weighted by Gasteiger charge is 2.31. The lowest BCUT2D eigenvalue weighted by Gasteiger charge is -2.28. The SMILES string of the molecule is Cc1cnccc1NC(=O)NC(c1nc(C(C)C)no1)C1CCOCC1. The number of aromatic nitrogens is 3. The van der Waals surface area contributed by atoms with Crippen LogP contribution in [0.2, 0.25) is 0 Å². The zero-order chi connectivity index (χ0) is 18.5. The minimum atomic E-state index is -0.346. The molecule has 3 rings (SSSR count). The van der Waals surface area contributed by atoms with Crippen molar-refractivity contribution in [2.75, 3.05) is 18.5 Å². The van der Waals surface area contributed by atoms with Gasteiger partial charge in [0.1, 0.15) is 6.04 Å². The van der Waals surface area contributed by atoms with Crippen molar-refractivity contribution in [3.8, 4) is 0 Å². The van der Waals surface area contributed by atoms with Gasteiger partial charge in [0.05, 0.1) is 0 Å². The first-order valence-corrected chi connectivity index (χ1v) is 8.94. The summed E-state index contributed by atoms with van der Waals surface area (Å²) in [6, 6.07) is 1.11. The lowest BCUT2D eigenvalue weighted by Crippen LogP contribution is -2.38. The number of amides is 2. The number of nitrogens with one attached hydrogen (secondary N) is 2. The quantitative estimate of drug-likeness (QED) is 0.850. The molecule has 1 fully saturated rings. The Balaban J connectivity index is 1.76. The Bertz CT molecular complexity index is 740. The van der Waals surface area contributed by atoms with Crippen molar-refractivity contribution in [1.29, 1.82) is 0 Å². The van der Waals surface area contributed by atoms with Crippen LogP contribution in [0.1, 0.15) is 55.9 Å². The lowest BCUT2D eigenvalue weighted by molar-refractivity contribution is 0.0506.